The number of amides is 2. The molecule has 0 unspecified atom stereocenters. The van der Waals surface area contributed by atoms with Gasteiger partial charge < -0.3 is 4.90 Å². The lowest BCUT2D eigenvalue weighted by Gasteiger charge is -2.36. The van der Waals surface area contributed by atoms with Crippen molar-refractivity contribution in [1.29, 1.82) is 0 Å². The van der Waals surface area contributed by atoms with Crippen LogP contribution in [-0.2, 0) is 4.79 Å². The van der Waals surface area contributed by atoms with Crippen LogP contribution in [0.5, 0.6) is 0 Å². The fourth-order valence-corrected chi connectivity index (χ4v) is 3.34. The molecule has 0 bridgehead atoms. The first-order valence-electron chi connectivity index (χ1n) is 9.10. The zero-order valence-electron chi connectivity index (χ0n) is 15.3. The molecule has 2 N–H and O–H groups in total. The van der Waals surface area contributed by atoms with Crippen molar-refractivity contribution in [2.24, 2.45) is 0 Å². The van der Waals surface area contributed by atoms with Gasteiger partial charge in [-0.15, -0.1) is 0 Å². The SMILES string of the molecule is O=C(CCN1CCN(c2ccccc2)CC1)NNC(=O)c1c(F)cccc1Cl. The molecule has 28 heavy (non-hydrogen) atoms. The summed E-state index contributed by atoms with van der Waals surface area (Å²) in [5, 5.41) is -0.0111. The Labute approximate surface area is 168 Å². The second kappa shape index (κ2) is 9.52. The molecular formula is C20H22ClFN4O2. The maximum atomic E-state index is 13.7. The Kier molecular flexibility index (Phi) is 6.84. The first kappa shape index (κ1) is 20.1. The number of carbonyl (C=O) groups is 2. The molecule has 148 valence electrons. The van der Waals surface area contributed by atoms with Gasteiger partial charge in [0.2, 0.25) is 5.91 Å². The summed E-state index contributed by atoms with van der Waals surface area (Å²) in [7, 11) is 0. The van der Waals surface area contributed by atoms with Gasteiger partial charge in [0.15, 0.2) is 0 Å². The van der Waals surface area contributed by atoms with Crippen molar-refractivity contribution < 1.29 is 14.0 Å². The Morgan fingerprint density at radius 3 is 2.36 bits per heavy atom. The number of para-hydroxylation sites is 1. The van der Waals surface area contributed by atoms with Gasteiger partial charge in [-0.3, -0.25) is 25.3 Å². The third-order valence-electron chi connectivity index (χ3n) is 4.65. The predicted octanol–water partition coefficient (Wildman–Crippen LogP) is 2.45. The molecule has 2 aromatic rings. The number of halogens is 2. The van der Waals surface area contributed by atoms with Crippen LogP contribution < -0.4 is 15.8 Å². The van der Waals surface area contributed by atoms with E-state index in [4.69, 9.17) is 11.6 Å². The molecular weight excluding hydrogens is 383 g/mol. The molecule has 3 rings (SSSR count). The zero-order chi connectivity index (χ0) is 19.9. The number of hydrazine groups is 1. The third-order valence-corrected chi connectivity index (χ3v) is 4.97. The number of carbonyl (C=O) groups excluding carboxylic acids is 2. The van der Waals surface area contributed by atoms with Gasteiger partial charge in [0.05, 0.1) is 10.6 Å². The number of hydrogen-bond donors (Lipinski definition) is 2. The van der Waals surface area contributed by atoms with Crippen LogP contribution >= 0.6 is 11.6 Å². The van der Waals surface area contributed by atoms with Crippen LogP contribution in [0.4, 0.5) is 10.1 Å². The van der Waals surface area contributed by atoms with Gasteiger partial charge in [-0.25, -0.2) is 4.39 Å². The van der Waals surface area contributed by atoms with Gasteiger partial charge in [0.1, 0.15) is 5.82 Å². The molecule has 0 spiro atoms. The summed E-state index contributed by atoms with van der Waals surface area (Å²) in [6, 6.07) is 14.2. The quantitative estimate of drug-likeness (QED) is 0.751. The van der Waals surface area contributed by atoms with Crippen LogP contribution in [0.3, 0.4) is 0 Å². The molecule has 1 fully saturated rings. The van der Waals surface area contributed by atoms with Crippen LogP contribution in [-0.4, -0.2) is 49.4 Å². The molecule has 0 aromatic heterocycles. The van der Waals surface area contributed by atoms with Crippen molar-refractivity contribution >= 4 is 29.1 Å². The first-order chi connectivity index (χ1) is 13.5. The Morgan fingerprint density at radius 1 is 0.964 bits per heavy atom. The normalized spacial score (nSPS) is 14.6. The van der Waals surface area contributed by atoms with Crippen molar-refractivity contribution in [3.63, 3.8) is 0 Å². The highest BCUT2D eigenvalue weighted by Crippen LogP contribution is 2.18. The molecule has 6 nitrogen and oxygen atoms in total. The van der Waals surface area contributed by atoms with E-state index >= 15 is 0 Å². The molecule has 1 saturated heterocycles. The van der Waals surface area contributed by atoms with Gasteiger partial charge >= 0.3 is 0 Å². The Bertz CT molecular complexity index is 806. The summed E-state index contributed by atoms with van der Waals surface area (Å²) in [5.41, 5.74) is 5.43. The van der Waals surface area contributed by atoms with Gasteiger partial charge in [0, 0.05) is 44.8 Å². The largest absolute Gasteiger partial charge is 0.369 e. The number of piperazine rings is 1. The van der Waals surface area contributed by atoms with Crippen LogP contribution in [0.25, 0.3) is 0 Å². The Hall–Kier alpha value is -2.64. The first-order valence-corrected chi connectivity index (χ1v) is 9.48. The highest BCUT2D eigenvalue weighted by molar-refractivity contribution is 6.33. The van der Waals surface area contributed by atoms with Crippen molar-refractivity contribution in [3.05, 3.63) is 64.9 Å². The van der Waals surface area contributed by atoms with Gasteiger partial charge in [-0.1, -0.05) is 35.9 Å². The second-order valence-electron chi connectivity index (χ2n) is 6.51. The molecule has 1 aliphatic rings. The maximum absolute atomic E-state index is 13.7. The third kappa shape index (κ3) is 5.21. The van der Waals surface area contributed by atoms with Crippen LogP contribution in [0.1, 0.15) is 16.8 Å². The fourth-order valence-electron chi connectivity index (χ4n) is 3.09. The number of nitrogens with one attached hydrogen (secondary N) is 2. The molecule has 0 radical (unpaired) electrons. The molecule has 2 amide bonds. The van der Waals surface area contributed by atoms with E-state index in [-0.39, 0.29) is 22.9 Å². The van der Waals surface area contributed by atoms with Gasteiger partial charge in [-0.05, 0) is 24.3 Å². The molecule has 0 aliphatic carbocycles. The van der Waals surface area contributed by atoms with Crippen molar-refractivity contribution in [3.8, 4) is 0 Å². The molecule has 2 aromatic carbocycles. The number of rotatable bonds is 5. The van der Waals surface area contributed by atoms with E-state index < -0.39 is 11.7 Å². The van der Waals surface area contributed by atoms with Crippen molar-refractivity contribution in [2.75, 3.05) is 37.6 Å². The minimum Gasteiger partial charge on any atom is -0.369 e. The van der Waals surface area contributed by atoms with E-state index in [1.54, 1.807) is 0 Å². The van der Waals surface area contributed by atoms with Crippen molar-refractivity contribution in [1.82, 2.24) is 15.8 Å². The lowest BCUT2D eigenvalue weighted by molar-refractivity contribution is -0.122. The molecule has 8 heteroatoms. The van der Waals surface area contributed by atoms with Crippen LogP contribution in [0.15, 0.2) is 48.5 Å². The summed E-state index contributed by atoms with van der Waals surface area (Å²) in [6.45, 7) is 4.10. The van der Waals surface area contributed by atoms with E-state index in [0.717, 1.165) is 32.2 Å². The van der Waals surface area contributed by atoms with Gasteiger partial charge in [-0.2, -0.15) is 0 Å². The van der Waals surface area contributed by atoms with Crippen LogP contribution in [0, 0.1) is 5.82 Å². The smallest absolute Gasteiger partial charge is 0.274 e. The summed E-state index contributed by atoms with van der Waals surface area (Å²) in [6.07, 6.45) is 0.233. The average Bonchev–Trinajstić information content (AvgIpc) is 2.71. The predicted molar refractivity (Wildman–Crippen MR) is 107 cm³/mol. The molecule has 1 heterocycles. The number of benzene rings is 2. The average molecular weight is 405 g/mol. The number of anilines is 1. The fraction of sp³-hybridized carbons (Fsp3) is 0.300. The number of hydrogen-bond acceptors (Lipinski definition) is 4. The summed E-state index contributed by atoms with van der Waals surface area (Å²) in [5.74, 6) is -1.87. The van der Waals surface area contributed by atoms with E-state index in [9.17, 15) is 14.0 Å². The van der Waals surface area contributed by atoms with E-state index in [0.29, 0.717) is 6.54 Å². The van der Waals surface area contributed by atoms with E-state index in [1.807, 2.05) is 18.2 Å². The summed E-state index contributed by atoms with van der Waals surface area (Å²) in [4.78, 5) is 28.5. The minimum absolute atomic E-state index is 0.0111. The number of nitrogens with zero attached hydrogens (tertiary/aromatic N) is 2. The van der Waals surface area contributed by atoms with Crippen LogP contribution in [0.2, 0.25) is 5.02 Å². The van der Waals surface area contributed by atoms with Gasteiger partial charge in [0.25, 0.3) is 5.91 Å². The topological polar surface area (TPSA) is 64.7 Å². The Morgan fingerprint density at radius 2 is 1.68 bits per heavy atom. The lowest BCUT2D eigenvalue weighted by atomic mass is 10.2. The highest BCUT2D eigenvalue weighted by atomic mass is 35.5. The zero-order valence-corrected chi connectivity index (χ0v) is 16.1. The van der Waals surface area contributed by atoms with E-state index in [1.165, 1.54) is 17.8 Å². The standard InChI is InChI=1S/C20H22ClFN4O2/c21-16-7-4-8-17(22)19(16)20(28)24-23-18(27)9-10-25-11-13-26(14-12-25)15-5-2-1-3-6-15/h1-8H,9-14H2,(H,23,27)(H,24,28). The Balaban J connectivity index is 1.39. The van der Waals surface area contributed by atoms with Crippen molar-refractivity contribution in [2.45, 2.75) is 6.42 Å². The van der Waals surface area contributed by atoms with E-state index in [2.05, 4.69) is 32.8 Å². The highest BCUT2D eigenvalue weighted by Gasteiger charge is 2.19. The summed E-state index contributed by atoms with van der Waals surface area (Å²) >= 11 is 5.83. The summed E-state index contributed by atoms with van der Waals surface area (Å²) < 4.78 is 13.7. The minimum atomic E-state index is -0.784. The monoisotopic (exact) mass is 404 g/mol. The maximum Gasteiger partial charge on any atom is 0.274 e. The molecule has 0 saturated carbocycles. The second-order valence-corrected chi connectivity index (χ2v) is 6.92. The lowest BCUT2D eigenvalue weighted by Crippen LogP contribution is -2.48. The molecule has 1 aliphatic heterocycles. The molecule has 0 atom stereocenters.